The van der Waals surface area contributed by atoms with E-state index in [0.717, 1.165) is 28.2 Å². The van der Waals surface area contributed by atoms with E-state index in [9.17, 15) is 4.79 Å². The average Bonchev–Trinajstić information content (AvgIpc) is 3.21. The summed E-state index contributed by atoms with van der Waals surface area (Å²) in [6, 6.07) is 20.2. The first kappa shape index (κ1) is 18.0. The minimum Gasteiger partial charge on any atom is -0.325 e. The van der Waals surface area contributed by atoms with Crippen LogP contribution in [0.4, 0.5) is 5.69 Å². The fourth-order valence-corrected chi connectivity index (χ4v) is 4.04. The lowest BCUT2D eigenvalue weighted by atomic mass is 10.2. The molecule has 0 spiro atoms. The van der Waals surface area contributed by atoms with Gasteiger partial charge in [0.15, 0.2) is 0 Å². The third kappa shape index (κ3) is 4.87. The zero-order valence-corrected chi connectivity index (χ0v) is 16.0. The van der Waals surface area contributed by atoms with E-state index < -0.39 is 0 Å². The molecular formula is C22H23N3OS. The Morgan fingerprint density at radius 1 is 1.00 bits per heavy atom. The molecular weight excluding hydrogens is 354 g/mol. The number of fused-ring (bicyclic) bond motifs is 1. The van der Waals surface area contributed by atoms with Gasteiger partial charge in [-0.05, 0) is 55.8 Å². The molecule has 1 saturated heterocycles. The number of rotatable bonds is 6. The molecule has 1 fully saturated rings. The highest BCUT2D eigenvalue weighted by atomic mass is 32.2. The van der Waals surface area contributed by atoms with Crippen molar-refractivity contribution in [2.75, 3.05) is 24.2 Å². The average molecular weight is 378 g/mol. The number of likely N-dealkylation sites (tertiary alicyclic amines) is 1. The summed E-state index contributed by atoms with van der Waals surface area (Å²) in [7, 11) is 0. The largest absolute Gasteiger partial charge is 0.325 e. The summed E-state index contributed by atoms with van der Waals surface area (Å²) < 4.78 is 0. The van der Waals surface area contributed by atoms with Crippen molar-refractivity contribution in [2.24, 2.45) is 0 Å². The van der Waals surface area contributed by atoms with Gasteiger partial charge in [0.25, 0.3) is 0 Å². The molecule has 0 radical (unpaired) electrons. The quantitative estimate of drug-likeness (QED) is 0.640. The summed E-state index contributed by atoms with van der Waals surface area (Å²) in [6.07, 6.45) is 2.61. The van der Waals surface area contributed by atoms with Crippen LogP contribution in [-0.4, -0.2) is 34.6 Å². The SMILES string of the molecule is O=C(CSc1ccc2ccccc2n1)Nc1ccc(CN2CCCC2)cc1. The lowest BCUT2D eigenvalue weighted by Gasteiger charge is -2.14. The Kier molecular flexibility index (Phi) is 5.70. The topological polar surface area (TPSA) is 45.2 Å². The number of hydrogen-bond donors (Lipinski definition) is 1. The van der Waals surface area contributed by atoms with Gasteiger partial charge >= 0.3 is 0 Å². The lowest BCUT2D eigenvalue weighted by Crippen LogP contribution is -2.18. The van der Waals surface area contributed by atoms with E-state index in [1.54, 1.807) is 0 Å². The van der Waals surface area contributed by atoms with Gasteiger partial charge in [-0.2, -0.15) is 0 Å². The van der Waals surface area contributed by atoms with Gasteiger partial charge in [0.2, 0.25) is 5.91 Å². The molecule has 0 aliphatic carbocycles. The number of hydrogen-bond acceptors (Lipinski definition) is 4. The van der Waals surface area contributed by atoms with Crippen molar-refractivity contribution < 1.29 is 4.79 Å². The Morgan fingerprint density at radius 3 is 2.59 bits per heavy atom. The predicted molar refractivity (Wildman–Crippen MR) is 112 cm³/mol. The van der Waals surface area contributed by atoms with E-state index in [4.69, 9.17) is 0 Å². The molecule has 2 heterocycles. The van der Waals surface area contributed by atoms with E-state index in [-0.39, 0.29) is 5.91 Å². The number of benzene rings is 2. The Hall–Kier alpha value is -2.37. The molecule has 1 N–H and O–H groups in total. The standard InChI is InChI=1S/C22H23N3OS/c26-21(16-27-22-12-9-18-5-1-2-6-20(18)24-22)23-19-10-7-17(8-11-19)15-25-13-3-4-14-25/h1-2,5-12H,3-4,13-16H2,(H,23,26). The second-order valence-electron chi connectivity index (χ2n) is 6.86. The second kappa shape index (κ2) is 8.55. The van der Waals surface area contributed by atoms with E-state index in [2.05, 4.69) is 27.3 Å². The number of nitrogens with one attached hydrogen (secondary N) is 1. The third-order valence-electron chi connectivity index (χ3n) is 4.77. The molecule has 1 aromatic heterocycles. The number of carbonyl (C=O) groups excluding carboxylic acids is 1. The Morgan fingerprint density at radius 2 is 1.78 bits per heavy atom. The third-order valence-corrected chi connectivity index (χ3v) is 5.70. The summed E-state index contributed by atoms with van der Waals surface area (Å²) >= 11 is 1.46. The van der Waals surface area contributed by atoms with Gasteiger partial charge in [0, 0.05) is 17.6 Å². The fraction of sp³-hybridized carbons (Fsp3) is 0.273. The number of pyridine rings is 1. The smallest absolute Gasteiger partial charge is 0.234 e. The van der Waals surface area contributed by atoms with Crippen LogP contribution in [-0.2, 0) is 11.3 Å². The molecule has 138 valence electrons. The monoisotopic (exact) mass is 377 g/mol. The molecule has 1 amide bonds. The van der Waals surface area contributed by atoms with Crippen LogP contribution in [0.2, 0.25) is 0 Å². The van der Waals surface area contributed by atoms with Crippen molar-refractivity contribution in [1.29, 1.82) is 0 Å². The van der Waals surface area contributed by atoms with E-state index in [0.29, 0.717) is 5.75 Å². The Labute approximate surface area is 164 Å². The highest BCUT2D eigenvalue weighted by molar-refractivity contribution is 7.99. The van der Waals surface area contributed by atoms with Gasteiger partial charge in [-0.25, -0.2) is 4.98 Å². The minimum atomic E-state index is -0.0118. The second-order valence-corrected chi connectivity index (χ2v) is 7.85. The number of aromatic nitrogens is 1. The molecule has 0 atom stereocenters. The number of nitrogens with zero attached hydrogens (tertiary/aromatic N) is 2. The van der Waals surface area contributed by atoms with Crippen molar-refractivity contribution in [1.82, 2.24) is 9.88 Å². The van der Waals surface area contributed by atoms with Crippen molar-refractivity contribution >= 4 is 34.3 Å². The minimum absolute atomic E-state index is 0.0118. The molecule has 5 heteroatoms. The number of carbonyl (C=O) groups is 1. The molecule has 2 aromatic carbocycles. The van der Waals surface area contributed by atoms with Crippen molar-refractivity contribution in [3.8, 4) is 0 Å². The maximum atomic E-state index is 12.2. The molecule has 0 saturated carbocycles. The van der Waals surface area contributed by atoms with Crippen LogP contribution >= 0.6 is 11.8 Å². The molecule has 0 unspecified atom stereocenters. The van der Waals surface area contributed by atoms with Gasteiger partial charge in [-0.3, -0.25) is 9.69 Å². The van der Waals surface area contributed by atoms with E-state index in [1.807, 2.05) is 48.5 Å². The fourth-order valence-electron chi connectivity index (χ4n) is 3.36. The van der Waals surface area contributed by atoms with Gasteiger partial charge < -0.3 is 5.32 Å². The molecule has 1 aliphatic rings. The normalized spacial score (nSPS) is 14.5. The molecule has 3 aromatic rings. The maximum absolute atomic E-state index is 12.2. The zero-order chi connectivity index (χ0) is 18.5. The molecule has 1 aliphatic heterocycles. The molecule has 4 nitrogen and oxygen atoms in total. The summed E-state index contributed by atoms with van der Waals surface area (Å²) in [6.45, 7) is 3.38. The van der Waals surface area contributed by atoms with Crippen LogP contribution in [0.1, 0.15) is 18.4 Å². The number of amides is 1. The molecule has 0 bridgehead atoms. The van der Waals surface area contributed by atoms with Gasteiger partial charge in [-0.15, -0.1) is 0 Å². The number of thioether (sulfide) groups is 1. The van der Waals surface area contributed by atoms with Gasteiger partial charge in [0.1, 0.15) is 0 Å². The van der Waals surface area contributed by atoms with Gasteiger partial charge in [0.05, 0.1) is 16.3 Å². The van der Waals surface area contributed by atoms with E-state index >= 15 is 0 Å². The summed E-state index contributed by atoms with van der Waals surface area (Å²) in [5, 5.41) is 4.95. The molecule has 27 heavy (non-hydrogen) atoms. The summed E-state index contributed by atoms with van der Waals surface area (Å²) in [5.74, 6) is 0.336. The number of para-hydroxylation sites is 1. The van der Waals surface area contributed by atoms with Crippen molar-refractivity contribution in [2.45, 2.75) is 24.4 Å². The highest BCUT2D eigenvalue weighted by Gasteiger charge is 2.11. The lowest BCUT2D eigenvalue weighted by molar-refractivity contribution is -0.113. The Balaban J connectivity index is 1.29. The first-order chi connectivity index (χ1) is 13.3. The van der Waals surface area contributed by atoms with Crippen LogP contribution < -0.4 is 5.32 Å². The zero-order valence-electron chi connectivity index (χ0n) is 15.2. The highest BCUT2D eigenvalue weighted by Crippen LogP contribution is 2.20. The van der Waals surface area contributed by atoms with Crippen LogP contribution in [0.3, 0.4) is 0 Å². The van der Waals surface area contributed by atoms with E-state index in [1.165, 1.54) is 43.3 Å². The van der Waals surface area contributed by atoms with Gasteiger partial charge in [-0.1, -0.05) is 48.2 Å². The van der Waals surface area contributed by atoms with Crippen molar-refractivity contribution in [3.63, 3.8) is 0 Å². The van der Waals surface area contributed by atoms with Crippen LogP contribution in [0.25, 0.3) is 10.9 Å². The first-order valence-corrected chi connectivity index (χ1v) is 10.3. The van der Waals surface area contributed by atoms with Crippen molar-refractivity contribution in [3.05, 3.63) is 66.2 Å². The predicted octanol–water partition coefficient (Wildman–Crippen LogP) is 4.56. The number of anilines is 1. The first-order valence-electron chi connectivity index (χ1n) is 9.36. The summed E-state index contributed by atoms with van der Waals surface area (Å²) in [5.41, 5.74) is 3.10. The maximum Gasteiger partial charge on any atom is 0.234 e. The summed E-state index contributed by atoms with van der Waals surface area (Å²) in [4.78, 5) is 19.3. The Bertz CT molecular complexity index is 920. The van der Waals surface area contributed by atoms with Crippen LogP contribution in [0.5, 0.6) is 0 Å². The van der Waals surface area contributed by atoms with Crippen LogP contribution in [0, 0.1) is 0 Å². The molecule has 4 rings (SSSR count). The van der Waals surface area contributed by atoms with Crippen LogP contribution in [0.15, 0.2) is 65.7 Å².